The van der Waals surface area contributed by atoms with Crippen molar-refractivity contribution < 1.29 is 0 Å². The molecule has 1 aliphatic rings. The van der Waals surface area contributed by atoms with Crippen LogP contribution in [-0.2, 0) is 5.41 Å². The second-order valence-corrected chi connectivity index (χ2v) is 14.4. The van der Waals surface area contributed by atoms with E-state index in [1.54, 1.807) is 0 Å². The lowest BCUT2D eigenvalue weighted by Crippen LogP contribution is -2.28. The summed E-state index contributed by atoms with van der Waals surface area (Å²) in [5.74, 6) is 0. The van der Waals surface area contributed by atoms with E-state index in [2.05, 4.69) is 230 Å². The van der Waals surface area contributed by atoms with E-state index in [0.717, 1.165) is 17.1 Å². The molecule has 0 N–H and O–H groups in total. The van der Waals surface area contributed by atoms with Gasteiger partial charge in [-0.3, -0.25) is 0 Å². The maximum absolute atomic E-state index is 2.44. The monoisotopic (exact) mass is 704 g/mol. The van der Waals surface area contributed by atoms with Crippen molar-refractivity contribution in [3.63, 3.8) is 0 Å². The fraction of sp³-hybridized carbons (Fsp3) is 0.0566. The molecule has 0 unspecified atom stereocenters. The zero-order chi connectivity index (χ0) is 36.9. The van der Waals surface area contributed by atoms with Gasteiger partial charge in [-0.2, -0.15) is 0 Å². The van der Waals surface area contributed by atoms with Gasteiger partial charge < -0.3 is 9.47 Å². The lowest BCUT2D eigenvalue weighted by atomic mass is 9.68. The average molecular weight is 705 g/mol. The van der Waals surface area contributed by atoms with Crippen LogP contribution in [0.25, 0.3) is 49.8 Å². The lowest BCUT2D eigenvalue weighted by Gasteiger charge is -2.34. The van der Waals surface area contributed by atoms with Crippen LogP contribution in [0.5, 0.6) is 0 Å². The Bertz CT molecular complexity index is 2830. The Morgan fingerprint density at radius 3 is 1.75 bits per heavy atom. The van der Waals surface area contributed by atoms with Crippen LogP contribution in [0.3, 0.4) is 0 Å². The van der Waals surface area contributed by atoms with Gasteiger partial charge in [0, 0.05) is 33.4 Å². The van der Waals surface area contributed by atoms with Crippen molar-refractivity contribution in [3.05, 3.63) is 229 Å². The predicted molar refractivity (Wildman–Crippen MR) is 232 cm³/mol. The van der Waals surface area contributed by atoms with Gasteiger partial charge in [0.25, 0.3) is 0 Å². The Morgan fingerprint density at radius 2 is 1.04 bits per heavy atom. The van der Waals surface area contributed by atoms with Gasteiger partial charge in [-0.1, -0.05) is 164 Å². The molecule has 0 saturated heterocycles. The minimum Gasteiger partial charge on any atom is -0.314 e. The van der Waals surface area contributed by atoms with E-state index in [1.807, 2.05) is 0 Å². The number of nitrogens with zero attached hydrogens (tertiary/aromatic N) is 2. The molecule has 0 bridgehead atoms. The molecule has 1 aromatic heterocycles. The van der Waals surface area contributed by atoms with Gasteiger partial charge in [0.2, 0.25) is 0 Å². The highest BCUT2D eigenvalue weighted by atomic mass is 15.1. The number of para-hydroxylation sites is 2. The fourth-order valence-electron chi connectivity index (χ4n) is 9.22. The highest BCUT2D eigenvalue weighted by Crippen LogP contribution is 2.59. The van der Waals surface area contributed by atoms with E-state index in [9.17, 15) is 0 Å². The Morgan fingerprint density at radius 1 is 0.491 bits per heavy atom. The summed E-state index contributed by atoms with van der Waals surface area (Å²) in [6, 6.07) is 73.4. The molecular formula is C53H40N2. The summed E-state index contributed by atoms with van der Waals surface area (Å²) in [7, 11) is 0. The summed E-state index contributed by atoms with van der Waals surface area (Å²) in [4.78, 5) is 2.44. The number of anilines is 3. The van der Waals surface area contributed by atoms with Crippen molar-refractivity contribution in [2.75, 3.05) is 4.90 Å². The molecular weight excluding hydrogens is 665 g/mol. The van der Waals surface area contributed by atoms with Crippen LogP contribution in [-0.4, -0.2) is 4.57 Å². The number of hydrogen-bond acceptors (Lipinski definition) is 1. The first-order chi connectivity index (χ1) is 27.2. The Labute approximate surface area is 322 Å². The summed E-state index contributed by atoms with van der Waals surface area (Å²) in [6.45, 7) is 4.30. The van der Waals surface area contributed by atoms with Gasteiger partial charge in [-0.15, -0.1) is 0 Å². The molecule has 1 heterocycles. The van der Waals surface area contributed by atoms with Gasteiger partial charge in [0.05, 0.1) is 22.1 Å². The van der Waals surface area contributed by atoms with Gasteiger partial charge in [0.1, 0.15) is 0 Å². The van der Waals surface area contributed by atoms with E-state index in [-0.39, 0.29) is 0 Å². The summed E-state index contributed by atoms with van der Waals surface area (Å²) < 4.78 is 2.39. The van der Waals surface area contributed by atoms with Crippen LogP contribution in [0, 0.1) is 0 Å². The van der Waals surface area contributed by atoms with Crippen LogP contribution in [0.2, 0.25) is 0 Å². The van der Waals surface area contributed by atoms with Crippen LogP contribution < -0.4 is 4.90 Å². The highest BCUT2D eigenvalue weighted by molar-refractivity contribution is 6.16. The van der Waals surface area contributed by atoms with Gasteiger partial charge in [-0.05, 0) is 95.3 Å². The van der Waals surface area contributed by atoms with Crippen LogP contribution in [0.4, 0.5) is 17.1 Å². The van der Waals surface area contributed by atoms with Crippen molar-refractivity contribution in [1.82, 2.24) is 4.57 Å². The molecule has 0 atom stereocenters. The molecule has 262 valence electrons. The molecule has 0 amide bonds. The summed E-state index contributed by atoms with van der Waals surface area (Å²) in [5.41, 5.74) is 16.7. The molecule has 9 aromatic rings. The van der Waals surface area contributed by atoms with E-state index in [0.29, 0.717) is 0 Å². The third-order valence-corrected chi connectivity index (χ3v) is 11.6. The molecule has 0 spiro atoms. The van der Waals surface area contributed by atoms with Crippen LogP contribution in [0.1, 0.15) is 36.1 Å². The molecule has 55 heavy (non-hydrogen) atoms. The minimum atomic E-state index is -0.472. The van der Waals surface area contributed by atoms with Gasteiger partial charge >= 0.3 is 0 Å². The molecule has 2 heteroatoms. The van der Waals surface area contributed by atoms with Crippen molar-refractivity contribution in [2.24, 2.45) is 0 Å². The maximum Gasteiger partial charge on any atom is 0.0714 e. The molecule has 2 nitrogen and oxygen atoms in total. The Kier molecular flexibility index (Phi) is 7.85. The fourth-order valence-corrected chi connectivity index (χ4v) is 9.22. The number of fused-ring (bicyclic) bond motifs is 6. The largest absolute Gasteiger partial charge is 0.314 e. The molecule has 0 saturated carbocycles. The first-order valence-electron chi connectivity index (χ1n) is 19.2. The van der Waals surface area contributed by atoms with Crippen molar-refractivity contribution in [1.29, 1.82) is 0 Å². The molecule has 10 rings (SSSR count). The second kappa shape index (κ2) is 13.2. The minimum absolute atomic E-state index is 0.472. The number of rotatable bonds is 7. The van der Waals surface area contributed by atoms with Crippen LogP contribution >= 0.6 is 0 Å². The SMILES string of the molecule is C/C=C(\C)n1c2ccccc2c2c(-c3ccc(N(c4ccccc4)c4cccc5c4-c4ccccc4C5(c4ccccc4)c4ccccc4)cc3)cccc21. The van der Waals surface area contributed by atoms with Crippen molar-refractivity contribution in [3.8, 4) is 22.3 Å². The van der Waals surface area contributed by atoms with Gasteiger partial charge in [-0.25, -0.2) is 0 Å². The normalized spacial score (nSPS) is 13.2. The summed E-state index contributed by atoms with van der Waals surface area (Å²) in [5, 5.41) is 2.55. The Hall–Kier alpha value is -6.90. The van der Waals surface area contributed by atoms with Crippen LogP contribution in [0.15, 0.2) is 206 Å². The molecule has 0 fully saturated rings. The molecule has 1 aliphatic carbocycles. The first kappa shape index (κ1) is 32.7. The van der Waals surface area contributed by atoms with Gasteiger partial charge in [0.15, 0.2) is 0 Å². The zero-order valence-electron chi connectivity index (χ0n) is 31.0. The van der Waals surface area contributed by atoms with Crippen molar-refractivity contribution >= 4 is 44.6 Å². The molecule has 0 aliphatic heterocycles. The summed E-state index contributed by atoms with van der Waals surface area (Å²) >= 11 is 0. The maximum atomic E-state index is 2.44. The van der Waals surface area contributed by atoms with E-state index >= 15 is 0 Å². The quantitative estimate of drug-likeness (QED) is 0.160. The second-order valence-electron chi connectivity index (χ2n) is 14.4. The first-order valence-corrected chi connectivity index (χ1v) is 19.2. The van der Waals surface area contributed by atoms with E-state index < -0.39 is 5.41 Å². The number of benzene rings is 8. The lowest BCUT2D eigenvalue weighted by molar-refractivity contribution is 0.768. The smallest absolute Gasteiger partial charge is 0.0714 e. The average Bonchev–Trinajstić information content (AvgIpc) is 3.76. The third kappa shape index (κ3) is 4.95. The zero-order valence-corrected chi connectivity index (χ0v) is 31.0. The topological polar surface area (TPSA) is 8.17 Å². The summed E-state index contributed by atoms with van der Waals surface area (Å²) in [6.07, 6.45) is 2.19. The van der Waals surface area contributed by atoms with E-state index in [4.69, 9.17) is 0 Å². The number of hydrogen-bond donors (Lipinski definition) is 0. The number of allylic oxidation sites excluding steroid dienone is 2. The predicted octanol–water partition coefficient (Wildman–Crippen LogP) is 14.2. The molecule has 0 radical (unpaired) electrons. The third-order valence-electron chi connectivity index (χ3n) is 11.6. The standard InChI is InChI=1S/C53H40N2/c1-3-37(2)54-48-30-16-14-26-45(48)51-43(27-17-31-49(51)54)38-33-35-42(36-34-38)55(41-23-11-6-12-24-41)50-32-18-29-47-52(50)44-25-13-15-28-46(44)53(47,39-19-7-4-8-20-39)40-21-9-5-10-22-40/h3-36H,1-2H3/b37-3+. The highest BCUT2D eigenvalue weighted by Gasteiger charge is 2.47. The van der Waals surface area contributed by atoms with E-state index in [1.165, 1.54) is 72.0 Å². The Balaban J connectivity index is 1.19. The number of aromatic nitrogens is 1. The molecule has 8 aromatic carbocycles. The van der Waals surface area contributed by atoms with Crippen molar-refractivity contribution in [2.45, 2.75) is 19.3 Å².